The predicted octanol–water partition coefficient (Wildman–Crippen LogP) is 11.9. The van der Waals surface area contributed by atoms with Crippen molar-refractivity contribution in [3.05, 3.63) is 18.2 Å². The molecule has 1 aromatic rings. The van der Waals surface area contributed by atoms with Gasteiger partial charge in [-0.2, -0.15) is 0 Å². The van der Waals surface area contributed by atoms with Gasteiger partial charge in [0, 0.05) is 6.42 Å². The minimum atomic E-state index is 1.22. The Kier molecular flexibility index (Phi) is 25.7. The zero-order chi connectivity index (χ0) is 27.4. The molecule has 0 radical (unpaired) electrons. The van der Waals surface area contributed by atoms with Crippen molar-refractivity contribution in [3.63, 3.8) is 0 Å². The van der Waals surface area contributed by atoms with Crippen molar-refractivity contribution in [2.45, 2.75) is 214 Å². The van der Waals surface area contributed by atoms with E-state index in [9.17, 15) is 0 Å². The molecule has 0 aromatic carbocycles. The number of aryl methyl sites for hydroxylation is 2. The van der Waals surface area contributed by atoms with Crippen molar-refractivity contribution in [1.29, 1.82) is 0 Å². The molecule has 1 heterocycles. The van der Waals surface area contributed by atoms with Gasteiger partial charge in [-0.15, -0.1) is 0 Å². The van der Waals surface area contributed by atoms with Gasteiger partial charge in [0.1, 0.15) is 12.4 Å². The Morgan fingerprint density at radius 3 is 1.26 bits per heavy atom. The summed E-state index contributed by atoms with van der Waals surface area (Å²) in [5.41, 5.74) is 0. The van der Waals surface area contributed by atoms with Gasteiger partial charge in [-0.05, 0) is 32.1 Å². The minimum absolute atomic E-state index is 1.22. The Balaban J connectivity index is 2.20. The van der Waals surface area contributed by atoms with Gasteiger partial charge >= 0.3 is 0 Å². The molecule has 0 saturated heterocycles. The van der Waals surface area contributed by atoms with Crippen molar-refractivity contribution in [1.82, 2.24) is 4.57 Å². The Bertz CT molecular complexity index is 590. The Morgan fingerprint density at radius 1 is 0.447 bits per heavy atom. The van der Waals surface area contributed by atoms with Gasteiger partial charge in [-0.25, -0.2) is 9.13 Å². The van der Waals surface area contributed by atoms with Crippen LogP contribution in [0.4, 0.5) is 0 Å². The van der Waals surface area contributed by atoms with Gasteiger partial charge in [0.2, 0.25) is 0 Å². The van der Waals surface area contributed by atoms with Crippen LogP contribution in [0.2, 0.25) is 0 Å². The maximum absolute atomic E-state index is 2.62. The molecule has 0 unspecified atom stereocenters. The van der Waals surface area contributed by atoms with Gasteiger partial charge in [0.15, 0.2) is 0 Å². The highest BCUT2D eigenvalue weighted by molar-refractivity contribution is 4.84. The topological polar surface area (TPSA) is 8.81 Å². The second-order valence-corrected chi connectivity index (χ2v) is 12.3. The van der Waals surface area contributed by atoms with E-state index in [4.69, 9.17) is 0 Å². The summed E-state index contributed by atoms with van der Waals surface area (Å²) in [6, 6.07) is 0. The molecule has 0 aliphatic carbocycles. The lowest BCUT2D eigenvalue weighted by Crippen LogP contribution is -2.37. The summed E-state index contributed by atoms with van der Waals surface area (Å²) in [4.78, 5) is 0. The molecule has 0 atom stereocenters. The lowest BCUT2D eigenvalue weighted by molar-refractivity contribution is -0.704. The molecule has 0 fully saturated rings. The zero-order valence-electron chi connectivity index (χ0n) is 26.8. The largest absolute Gasteiger partial charge is 0.256 e. The number of aromatic nitrogens is 2. The highest BCUT2D eigenvalue weighted by Crippen LogP contribution is 2.15. The van der Waals surface area contributed by atoms with E-state index < -0.39 is 0 Å². The molecule has 224 valence electrons. The monoisotopic (exact) mass is 532 g/mol. The lowest BCUT2D eigenvalue weighted by Gasteiger charge is -2.07. The molecular weight excluding hydrogens is 460 g/mol. The molecule has 0 bridgehead atoms. The third-order valence-corrected chi connectivity index (χ3v) is 8.60. The first kappa shape index (κ1) is 35.2. The average Bonchev–Trinajstić information content (AvgIpc) is 3.31. The first-order valence-corrected chi connectivity index (χ1v) is 17.9. The first-order chi connectivity index (χ1) is 18.8. The molecule has 1 aromatic heterocycles. The number of unbranched alkanes of at least 4 members (excludes halogenated alkanes) is 24. The normalized spacial score (nSPS) is 11.6. The molecule has 0 N–H and O–H groups in total. The summed E-state index contributed by atoms with van der Waals surface area (Å²) in [6.45, 7) is 9.39. The van der Waals surface area contributed by atoms with Crippen LogP contribution in [0.1, 0.15) is 200 Å². The summed E-state index contributed by atoms with van der Waals surface area (Å²) in [7, 11) is 0. The second kappa shape index (κ2) is 27.8. The van der Waals surface area contributed by atoms with E-state index in [0.717, 1.165) is 0 Å². The molecule has 2 nitrogen and oxygen atoms in total. The SMILES string of the molecule is CCCCCCCCCCCCCCCCCn1cc[n+](CCCCCCC)c1CCCCCCCCC. The molecule has 0 saturated carbocycles. The summed E-state index contributed by atoms with van der Waals surface area (Å²) in [5.74, 6) is 1.61. The van der Waals surface area contributed by atoms with E-state index in [2.05, 4.69) is 42.3 Å². The van der Waals surface area contributed by atoms with Gasteiger partial charge in [-0.3, -0.25) is 0 Å². The fourth-order valence-corrected chi connectivity index (χ4v) is 5.97. The highest BCUT2D eigenvalue weighted by atomic mass is 15.1. The van der Waals surface area contributed by atoms with Crippen LogP contribution in [0.3, 0.4) is 0 Å². The molecule has 0 amide bonds. The quantitative estimate of drug-likeness (QED) is 0.0689. The van der Waals surface area contributed by atoms with Crippen molar-refractivity contribution in [2.75, 3.05) is 0 Å². The molecule has 0 spiro atoms. The van der Waals surface area contributed by atoms with E-state index >= 15 is 0 Å². The summed E-state index contributed by atoms with van der Waals surface area (Å²) in [5, 5.41) is 0. The zero-order valence-corrected chi connectivity index (χ0v) is 26.8. The third kappa shape index (κ3) is 20.2. The van der Waals surface area contributed by atoms with Crippen LogP contribution in [0, 0.1) is 0 Å². The van der Waals surface area contributed by atoms with E-state index in [1.54, 1.807) is 5.82 Å². The maximum Gasteiger partial charge on any atom is 0.256 e. The summed E-state index contributed by atoms with van der Waals surface area (Å²) >= 11 is 0. The maximum atomic E-state index is 2.62. The van der Waals surface area contributed by atoms with E-state index in [-0.39, 0.29) is 0 Å². The molecule has 0 aliphatic rings. The van der Waals surface area contributed by atoms with Crippen LogP contribution in [-0.4, -0.2) is 4.57 Å². The minimum Gasteiger partial charge on any atom is -0.234 e. The van der Waals surface area contributed by atoms with Gasteiger partial charge in [0.05, 0.1) is 13.1 Å². The van der Waals surface area contributed by atoms with Crippen molar-refractivity contribution in [2.24, 2.45) is 0 Å². The number of rotatable bonds is 30. The predicted molar refractivity (Wildman–Crippen MR) is 170 cm³/mol. The summed E-state index contributed by atoms with van der Waals surface area (Å²) < 4.78 is 5.22. The Labute approximate surface area is 240 Å². The first-order valence-electron chi connectivity index (χ1n) is 17.9. The van der Waals surface area contributed by atoms with Gasteiger partial charge in [0.25, 0.3) is 5.82 Å². The van der Waals surface area contributed by atoms with Crippen LogP contribution in [0.5, 0.6) is 0 Å². The van der Waals surface area contributed by atoms with Gasteiger partial charge < -0.3 is 0 Å². The average molecular weight is 532 g/mol. The fourth-order valence-electron chi connectivity index (χ4n) is 5.97. The molecule has 1 rings (SSSR count). The van der Waals surface area contributed by atoms with Crippen LogP contribution >= 0.6 is 0 Å². The number of imidazole rings is 1. The Hall–Kier alpha value is -0.790. The van der Waals surface area contributed by atoms with E-state index in [1.165, 1.54) is 193 Å². The standard InChI is InChI=1S/C36H71N2/c1-4-7-10-13-15-16-17-18-19-20-21-22-24-27-30-33-38-35-34-37(32-29-26-12-9-6-3)36(38)31-28-25-23-14-11-8-5-2/h34-35H,4-33H2,1-3H3/q+1. The highest BCUT2D eigenvalue weighted by Gasteiger charge is 2.16. The van der Waals surface area contributed by atoms with Crippen LogP contribution in [-0.2, 0) is 19.5 Å². The molecule has 2 heteroatoms. The third-order valence-electron chi connectivity index (χ3n) is 8.60. The lowest BCUT2D eigenvalue weighted by atomic mass is 10.0. The van der Waals surface area contributed by atoms with Crippen LogP contribution in [0.15, 0.2) is 12.4 Å². The van der Waals surface area contributed by atoms with Crippen LogP contribution in [0.25, 0.3) is 0 Å². The number of nitrogens with zero attached hydrogens (tertiary/aromatic N) is 2. The Morgan fingerprint density at radius 2 is 0.816 bits per heavy atom. The smallest absolute Gasteiger partial charge is 0.234 e. The van der Waals surface area contributed by atoms with Crippen molar-refractivity contribution in [3.8, 4) is 0 Å². The summed E-state index contributed by atoms with van der Waals surface area (Å²) in [6.07, 6.45) is 44.4. The van der Waals surface area contributed by atoms with Crippen LogP contribution < -0.4 is 4.57 Å². The van der Waals surface area contributed by atoms with Crippen molar-refractivity contribution >= 4 is 0 Å². The number of hydrogen-bond donors (Lipinski definition) is 0. The molecule has 0 aliphatic heterocycles. The fraction of sp³-hybridized carbons (Fsp3) is 0.917. The van der Waals surface area contributed by atoms with Crippen molar-refractivity contribution < 1.29 is 4.57 Å². The molecule has 38 heavy (non-hydrogen) atoms. The number of hydrogen-bond acceptors (Lipinski definition) is 0. The molecular formula is C36H71N2+. The van der Waals surface area contributed by atoms with Gasteiger partial charge in [-0.1, -0.05) is 162 Å². The second-order valence-electron chi connectivity index (χ2n) is 12.3. The van der Waals surface area contributed by atoms with E-state index in [0.29, 0.717) is 0 Å². The van der Waals surface area contributed by atoms with E-state index in [1.807, 2.05) is 0 Å².